The lowest BCUT2D eigenvalue weighted by Crippen LogP contribution is -2.28. The first-order valence-corrected chi connectivity index (χ1v) is 11.1. The minimum Gasteiger partial charge on any atom is -0.491 e. The number of fused-ring (bicyclic) bond motifs is 2. The largest absolute Gasteiger partial charge is 0.491 e. The number of nitrogens with two attached hydrogens (primary N) is 1. The second kappa shape index (κ2) is 9.01. The lowest BCUT2D eigenvalue weighted by Gasteiger charge is -2.24. The molecule has 0 saturated carbocycles. The van der Waals surface area contributed by atoms with Crippen LogP contribution in [0.15, 0.2) is 42.6 Å². The van der Waals surface area contributed by atoms with Crippen molar-refractivity contribution in [3.63, 3.8) is 0 Å². The van der Waals surface area contributed by atoms with E-state index >= 15 is 4.39 Å². The van der Waals surface area contributed by atoms with E-state index in [0.717, 1.165) is 25.1 Å². The highest BCUT2D eigenvalue weighted by Crippen LogP contribution is 2.29. The second-order valence-corrected chi connectivity index (χ2v) is 8.45. The first-order chi connectivity index (χ1) is 16.0. The van der Waals surface area contributed by atoms with Crippen LogP contribution in [0, 0.1) is 5.82 Å². The molecule has 2 atom stereocenters. The lowest BCUT2D eigenvalue weighted by molar-refractivity contribution is 0.146. The van der Waals surface area contributed by atoms with Gasteiger partial charge in [-0.3, -0.25) is 9.30 Å². The van der Waals surface area contributed by atoms with Gasteiger partial charge in [-0.2, -0.15) is 0 Å². The first kappa shape index (κ1) is 21.7. The van der Waals surface area contributed by atoms with E-state index in [9.17, 15) is 0 Å². The maximum atomic E-state index is 15.1. The Morgan fingerprint density at radius 2 is 2.06 bits per heavy atom. The summed E-state index contributed by atoms with van der Waals surface area (Å²) >= 11 is 0. The lowest BCUT2D eigenvalue weighted by atomic mass is 10.1. The Kier molecular flexibility index (Phi) is 5.92. The van der Waals surface area contributed by atoms with Crippen molar-refractivity contribution in [3.8, 4) is 17.3 Å². The van der Waals surface area contributed by atoms with Crippen LogP contribution in [-0.4, -0.2) is 63.9 Å². The molecule has 0 radical (unpaired) electrons. The molecule has 1 aliphatic rings. The van der Waals surface area contributed by atoms with Crippen molar-refractivity contribution in [1.29, 1.82) is 0 Å². The number of methoxy groups -OCH3 is 1. The van der Waals surface area contributed by atoms with Gasteiger partial charge in [0.05, 0.1) is 12.1 Å². The zero-order chi connectivity index (χ0) is 22.9. The van der Waals surface area contributed by atoms with Gasteiger partial charge in [-0.15, -0.1) is 10.2 Å². The van der Waals surface area contributed by atoms with Crippen LogP contribution >= 0.6 is 0 Å². The van der Waals surface area contributed by atoms with Crippen molar-refractivity contribution in [2.75, 3.05) is 33.4 Å². The van der Waals surface area contributed by atoms with Crippen LogP contribution in [0.2, 0.25) is 0 Å². The summed E-state index contributed by atoms with van der Waals surface area (Å²) in [5.74, 6) is 0.562. The molecule has 1 saturated heterocycles. The Balaban J connectivity index is 1.52. The van der Waals surface area contributed by atoms with Gasteiger partial charge in [0.1, 0.15) is 18.1 Å². The number of likely N-dealkylation sites (tertiary alicyclic amines) is 1. The van der Waals surface area contributed by atoms with Gasteiger partial charge in [-0.1, -0.05) is 6.07 Å². The van der Waals surface area contributed by atoms with Gasteiger partial charge < -0.3 is 15.2 Å². The molecule has 33 heavy (non-hydrogen) atoms. The second-order valence-electron chi connectivity index (χ2n) is 8.45. The molecule has 0 bridgehead atoms. The Morgan fingerprint density at radius 1 is 1.18 bits per heavy atom. The minimum absolute atomic E-state index is 0.150. The third kappa shape index (κ3) is 4.27. The van der Waals surface area contributed by atoms with E-state index in [2.05, 4.69) is 27.0 Å². The standard InChI is InChI=1S/C24H27FN6O2/c1-15(30-8-7-18(26)14-30)17-4-6-22-28-29-24(31(22)13-17)23-20(25)11-16-3-5-19(12-21(16)27-23)33-10-9-32-2/h3-6,11-13,15,18H,7-10,14,26H2,1-2H3/t15-,18-/m0/s1. The van der Waals surface area contributed by atoms with Crippen LogP contribution in [0.3, 0.4) is 0 Å². The van der Waals surface area contributed by atoms with Crippen LogP contribution in [-0.2, 0) is 4.74 Å². The predicted octanol–water partition coefficient (Wildman–Crippen LogP) is 3.20. The summed E-state index contributed by atoms with van der Waals surface area (Å²) in [6.07, 6.45) is 2.96. The Bertz CT molecular complexity index is 1290. The molecule has 8 nitrogen and oxygen atoms in total. The molecular weight excluding hydrogens is 423 g/mol. The van der Waals surface area contributed by atoms with E-state index in [-0.39, 0.29) is 17.8 Å². The molecular formula is C24H27FN6O2. The first-order valence-electron chi connectivity index (χ1n) is 11.1. The molecule has 9 heteroatoms. The molecule has 172 valence electrons. The summed E-state index contributed by atoms with van der Waals surface area (Å²) in [5, 5.41) is 9.17. The quantitative estimate of drug-likeness (QED) is 0.433. The number of benzene rings is 1. The monoisotopic (exact) mass is 450 g/mol. The highest BCUT2D eigenvalue weighted by molar-refractivity contribution is 5.82. The third-order valence-electron chi connectivity index (χ3n) is 6.22. The van der Waals surface area contributed by atoms with Crippen LogP contribution in [0.5, 0.6) is 5.75 Å². The highest BCUT2D eigenvalue weighted by atomic mass is 19.1. The fraction of sp³-hybridized carbons (Fsp3) is 0.375. The summed E-state index contributed by atoms with van der Waals surface area (Å²) in [7, 11) is 1.62. The predicted molar refractivity (Wildman–Crippen MR) is 124 cm³/mol. The average molecular weight is 451 g/mol. The SMILES string of the molecule is COCCOc1ccc2cc(F)c(-c3nnc4ccc([C@H](C)N5CC[C@H](N)C5)cn34)nc2c1. The van der Waals surface area contributed by atoms with Gasteiger partial charge in [-0.25, -0.2) is 9.37 Å². The van der Waals surface area contributed by atoms with Gasteiger partial charge in [0, 0.05) is 49.9 Å². The van der Waals surface area contributed by atoms with E-state index in [4.69, 9.17) is 15.2 Å². The van der Waals surface area contributed by atoms with Crippen molar-refractivity contribution in [3.05, 3.63) is 54.0 Å². The van der Waals surface area contributed by atoms with E-state index < -0.39 is 5.82 Å². The zero-order valence-corrected chi connectivity index (χ0v) is 18.7. The van der Waals surface area contributed by atoms with Crippen molar-refractivity contribution in [2.24, 2.45) is 5.73 Å². The molecule has 4 heterocycles. The number of halogens is 1. The summed E-state index contributed by atoms with van der Waals surface area (Å²) in [4.78, 5) is 6.94. The van der Waals surface area contributed by atoms with E-state index in [0.29, 0.717) is 41.3 Å². The minimum atomic E-state index is -0.450. The Labute approximate surface area is 191 Å². The van der Waals surface area contributed by atoms with Crippen LogP contribution in [0.4, 0.5) is 4.39 Å². The molecule has 4 aromatic rings. The maximum absolute atomic E-state index is 15.1. The molecule has 2 N–H and O–H groups in total. The topological polar surface area (TPSA) is 90.8 Å². The molecule has 0 unspecified atom stereocenters. The van der Waals surface area contributed by atoms with Crippen LogP contribution in [0.1, 0.15) is 24.9 Å². The Morgan fingerprint density at radius 3 is 2.85 bits per heavy atom. The van der Waals surface area contributed by atoms with Gasteiger partial charge in [0.15, 0.2) is 17.3 Å². The van der Waals surface area contributed by atoms with Gasteiger partial charge in [0.25, 0.3) is 0 Å². The number of aromatic nitrogens is 4. The molecule has 5 rings (SSSR count). The number of pyridine rings is 2. The molecule has 1 aromatic carbocycles. The van der Waals surface area contributed by atoms with Crippen molar-refractivity contribution in [1.82, 2.24) is 24.5 Å². The molecule has 0 aliphatic carbocycles. The number of nitrogens with zero attached hydrogens (tertiary/aromatic N) is 5. The summed E-state index contributed by atoms with van der Waals surface area (Å²) in [6, 6.07) is 11.2. The Hall–Kier alpha value is -3.14. The number of ether oxygens (including phenoxy) is 2. The van der Waals surface area contributed by atoms with E-state index in [1.54, 1.807) is 29.7 Å². The summed E-state index contributed by atoms with van der Waals surface area (Å²) in [6.45, 7) is 4.89. The number of hydrogen-bond acceptors (Lipinski definition) is 7. The highest BCUT2D eigenvalue weighted by Gasteiger charge is 2.25. The number of rotatable bonds is 7. The smallest absolute Gasteiger partial charge is 0.190 e. The molecule has 1 aliphatic heterocycles. The molecule has 0 spiro atoms. The van der Waals surface area contributed by atoms with Crippen molar-refractivity contribution < 1.29 is 13.9 Å². The van der Waals surface area contributed by atoms with Gasteiger partial charge >= 0.3 is 0 Å². The third-order valence-corrected chi connectivity index (χ3v) is 6.22. The van der Waals surface area contributed by atoms with Gasteiger partial charge in [-0.05, 0) is 43.2 Å². The van der Waals surface area contributed by atoms with Crippen LogP contribution < -0.4 is 10.5 Å². The summed E-state index contributed by atoms with van der Waals surface area (Å²) < 4.78 is 27.6. The van der Waals surface area contributed by atoms with Gasteiger partial charge in [0.2, 0.25) is 0 Å². The molecule has 3 aromatic heterocycles. The zero-order valence-electron chi connectivity index (χ0n) is 18.7. The molecule has 1 fully saturated rings. The van der Waals surface area contributed by atoms with Crippen molar-refractivity contribution >= 4 is 16.6 Å². The fourth-order valence-electron chi connectivity index (χ4n) is 4.30. The fourth-order valence-corrected chi connectivity index (χ4v) is 4.30. The average Bonchev–Trinajstić information content (AvgIpc) is 3.44. The van der Waals surface area contributed by atoms with E-state index in [1.165, 1.54) is 6.07 Å². The van der Waals surface area contributed by atoms with Crippen LogP contribution in [0.25, 0.3) is 28.1 Å². The maximum Gasteiger partial charge on any atom is 0.190 e. The molecule has 0 amide bonds. The van der Waals surface area contributed by atoms with Crippen molar-refractivity contribution in [2.45, 2.75) is 25.4 Å². The van der Waals surface area contributed by atoms with E-state index in [1.807, 2.05) is 18.3 Å². The summed E-state index contributed by atoms with van der Waals surface area (Å²) in [5.41, 5.74) is 8.59. The normalized spacial score (nSPS) is 17.8. The number of hydrogen-bond donors (Lipinski definition) is 1.